The lowest BCUT2D eigenvalue weighted by molar-refractivity contribution is 0.0916. The lowest BCUT2D eigenvalue weighted by Gasteiger charge is -2.30. The van der Waals surface area contributed by atoms with Gasteiger partial charge in [-0.25, -0.2) is 0 Å². The molecule has 0 radical (unpaired) electrons. The van der Waals surface area contributed by atoms with Crippen molar-refractivity contribution in [3.05, 3.63) is 59.4 Å². The zero-order valence-corrected chi connectivity index (χ0v) is 17.5. The Morgan fingerprint density at radius 2 is 1.82 bits per heavy atom. The van der Waals surface area contributed by atoms with Gasteiger partial charge < -0.3 is 16.0 Å². The summed E-state index contributed by atoms with van der Waals surface area (Å²) in [4.78, 5) is 29.3. The van der Waals surface area contributed by atoms with Gasteiger partial charge in [-0.15, -0.1) is 24.8 Å². The van der Waals surface area contributed by atoms with Crippen LogP contribution >= 0.6 is 24.8 Å². The summed E-state index contributed by atoms with van der Waals surface area (Å²) in [5.41, 5.74) is 2.36. The summed E-state index contributed by atoms with van der Waals surface area (Å²) in [6, 6.07) is 8.82. The van der Waals surface area contributed by atoms with Crippen LogP contribution in [0, 0.1) is 12.8 Å². The minimum Gasteiger partial charge on any atom is -0.348 e. The van der Waals surface area contributed by atoms with Crippen LogP contribution in [-0.2, 0) is 0 Å². The number of benzene rings is 1. The number of para-hydroxylation sites is 1. The van der Waals surface area contributed by atoms with Crippen LogP contribution in [0.5, 0.6) is 0 Å². The number of pyridine rings is 1. The van der Waals surface area contributed by atoms with E-state index in [2.05, 4.69) is 27.9 Å². The molecule has 1 aliphatic heterocycles. The monoisotopic (exact) mass is 424 g/mol. The fourth-order valence-corrected chi connectivity index (χ4v) is 3.14. The number of aryl methyl sites for hydroxylation is 1. The quantitative estimate of drug-likeness (QED) is 0.703. The summed E-state index contributed by atoms with van der Waals surface area (Å²) in [7, 11) is 0. The lowest BCUT2D eigenvalue weighted by atomic mass is 9.94. The number of carbonyl (C=O) groups excluding carboxylic acids is 2. The largest absolute Gasteiger partial charge is 0.348 e. The van der Waals surface area contributed by atoms with Gasteiger partial charge in [0.05, 0.1) is 11.3 Å². The predicted octanol–water partition coefficient (Wildman–Crippen LogP) is 3.21. The second kappa shape index (κ2) is 11.0. The van der Waals surface area contributed by atoms with Crippen LogP contribution in [0.25, 0.3) is 0 Å². The van der Waals surface area contributed by atoms with E-state index in [1.54, 1.807) is 30.6 Å². The summed E-state index contributed by atoms with van der Waals surface area (Å²) in [6.07, 6.45) is 4.17. The van der Waals surface area contributed by atoms with Gasteiger partial charge in [-0.3, -0.25) is 14.6 Å². The van der Waals surface area contributed by atoms with Crippen LogP contribution in [-0.4, -0.2) is 35.9 Å². The Labute approximate surface area is 177 Å². The number of anilines is 1. The zero-order chi connectivity index (χ0) is 18.5. The molecule has 6 nitrogen and oxygen atoms in total. The Kier molecular flexibility index (Phi) is 9.38. The van der Waals surface area contributed by atoms with Crippen LogP contribution in [0.3, 0.4) is 0 Å². The average Bonchev–Trinajstić information content (AvgIpc) is 2.65. The summed E-state index contributed by atoms with van der Waals surface area (Å²) in [5, 5.41) is 9.30. The molecule has 1 fully saturated rings. The highest BCUT2D eigenvalue weighted by atomic mass is 35.5. The lowest BCUT2D eigenvalue weighted by Crippen LogP contribution is -2.50. The maximum absolute atomic E-state index is 12.8. The average molecular weight is 425 g/mol. The van der Waals surface area contributed by atoms with Crippen molar-refractivity contribution >= 4 is 42.3 Å². The molecule has 1 aliphatic rings. The number of halogens is 2. The van der Waals surface area contributed by atoms with Gasteiger partial charge in [0.1, 0.15) is 0 Å². The minimum atomic E-state index is -0.261. The van der Waals surface area contributed by atoms with E-state index in [1.165, 1.54) is 0 Å². The fourth-order valence-electron chi connectivity index (χ4n) is 3.14. The van der Waals surface area contributed by atoms with E-state index in [1.807, 2.05) is 19.1 Å². The van der Waals surface area contributed by atoms with Gasteiger partial charge >= 0.3 is 0 Å². The summed E-state index contributed by atoms with van der Waals surface area (Å²) in [5.74, 6) is -0.0115. The number of hydrogen-bond acceptors (Lipinski definition) is 4. The topological polar surface area (TPSA) is 83.1 Å². The van der Waals surface area contributed by atoms with E-state index >= 15 is 0 Å². The number of piperidine rings is 1. The van der Waals surface area contributed by atoms with Gasteiger partial charge in [0.2, 0.25) is 0 Å². The van der Waals surface area contributed by atoms with Crippen molar-refractivity contribution in [3.8, 4) is 0 Å². The van der Waals surface area contributed by atoms with Gasteiger partial charge in [0.15, 0.2) is 0 Å². The van der Waals surface area contributed by atoms with Crippen molar-refractivity contribution in [3.63, 3.8) is 0 Å². The van der Waals surface area contributed by atoms with E-state index in [9.17, 15) is 9.59 Å². The third-order valence-electron chi connectivity index (χ3n) is 4.84. The van der Waals surface area contributed by atoms with Crippen molar-refractivity contribution in [2.45, 2.75) is 26.3 Å². The van der Waals surface area contributed by atoms with E-state index in [0.717, 1.165) is 25.1 Å². The van der Waals surface area contributed by atoms with Crippen molar-refractivity contribution in [1.82, 2.24) is 15.6 Å². The van der Waals surface area contributed by atoms with Crippen LogP contribution in [0.4, 0.5) is 5.69 Å². The van der Waals surface area contributed by atoms with E-state index in [-0.39, 0.29) is 42.7 Å². The molecule has 0 bridgehead atoms. The zero-order valence-electron chi connectivity index (χ0n) is 15.9. The third-order valence-corrected chi connectivity index (χ3v) is 4.84. The van der Waals surface area contributed by atoms with Crippen molar-refractivity contribution in [2.75, 3.05) is 18.4 Å². The molecular weight excluding hydrogens is 399 g/mol. The van der Waals surface area contributed by atoms with Crippen LogP contribution in [0.15, 0.2) is 42.7 Å². The first-order valence-electron chi connectivity index (χ1n) is 8.89. The summed E-state index contributed by atoms with van der Waals surface area (Å²) < 4.78 is 0. The molecule has 2 aromatic rings. The molecule has 3 rings (SSSR count). The molecule has 2 heterocycles. The number of amides is 2. The molecule has 3 N–H and O–H groups in total. The van der Waals surface area contributed by atoms with E-state index in [4.69, 9.17) is 0 Å². The number of rotatable bonds is 4. The van der Waals surface area contributed by atoms with Gasteiger partial charge in [0.25, 0.3) is 11.8 Å². The number of carbonyl (C=O) groups is 2. The molecule has 2 atom stereocenters. The first-order chi connectivity index (χ1) is 12.6. The number of aromatic nitrogens is 1. The molecule has 152 valence electrons. The predicted molar refractivity (Wildman–Crippen MR) is 116 cm³/mol. The molecule has 0 saturated carbocycles. The molecule has 2 amide bonds. The van der Waals surface area contributed by atoms with Gasteiger partial charge in [-0.05, 0) is 49.6 Å². The number of hydrogen-bond donors (Lipinski definition) is 3. The summed E-state index contributed by atoms with van der Waals surface area (Å²) >= 11 is 0. The third kappa shape index (κ3) is 5.67. The summed E-state index contributed by atoms with van der Waals surface area (Å²) in [6.45, 7) is 5.76. The Balaban J connectivity index is 0.00000196. The first-order valence-corrected chi connectivity index (χ1v) is 8.89. The van der Waals surface area contributed by atoms with Crippen LogP contribution in [0.1, 0.15) is 39.6 Å². The molecule has 1 aromatic carbocycles. The standard InChI is InChI=1S/C20H24N4O2.2ClH/c1-13-6-9-22-12-17(13)23-20(26)16-5-3-4-14(2)18(16)24-19(25)15-7-10-21-11-8-15;;/h3-5,7-8,10-11,13,17,22H,6,9,12H2,1-2H3,(H,23,26)(H,24,25);2*1H. The maximum Gasteiger partial charge on any atom is 0.255 e. The second-order valence-electron chi connectivity index (χ2n) is 6.74. The smallest absolute Gasteiger partial charge is 0.255 e. The number of nitrogens with zero attached hydrogens (tertiary/aromatic N) is 1. The molecule has 1 saturated heterocycles. The van der Waals surface area contributed by atoms with Crippen LogP contribution in [0.2, 0.25) is 0 Å². The maximum atomic E-state index is 12.8. The van der Waals surface area contributed by atoms with Gasteiger partial charge in [0, 0.05) is 30.5 Å². The first kappa shape index (κ1) is 23.9. The molecule has 0 aliphatic carbocycles. The highest BCUT2D eigenvalue weighted by Crippen LogP contribution is 2.22. The van der Waals surface area contributed by atoms with Crippen molar-refractivity contribution in [1.29, 1.82) is 0 Å². The Hall–Kier alpha value is -2.15. The Morgan fingerprint density at radius 1 is 1.11 bits per heavy atom. The SMILES string of the molecule is Cc1cccc(C(=O)NC2CNCCC2C)c1NC(=O)c1ccncc1.Cl.Cl. The van der Waals surface area contributed by atoms with E-state index in [0.29, 0.717) is 22.7 Å². The molecule has 28 heavy (non-hydrogen) atoms. The highest BCUT2D eigenvalue weighted by molar-refractivity contribution is 6.09. The minimum absolute atomic E-state index is 0. The highest BCUT2D eigenvalue weighted by Gasteiger charge is 2.24. The molecule has 8 heteroatoms. The molecule has 2 unspecified atom stereocenters. The van der Waals surface area contributed by atoms with Crippen molar-refractivity contribution < 1.29 is 9.59 Å². The normalized spacial score (nSPS) is 18.2. The van der Waals surface area contributed by atoms with Crippen molar-refractivity contribution in [2.24, 2.45) is 5.92 Å². The van der Waals surface area contributed by atoms with Crippen LogP contribution < -0.4 is 16.0 Å². The van der Waals surface area contributed by atoms with Gasteiger partial charge in [-0.1, -0.05) is 19.1 Å². The second-order valence-corrected chi connectivity index (χ2v) is 6.74. The Bertz CT molecular complexity index is 802. The van der Waals surface area contributed by atoms with E-state index < -0.39 is 0 Å². The fraction of sp³-hybridized carbons (Fsp3) is 0.350. The number of nitrogens with one attached hydrogen (secondary N) is 3. The van der Waals surface area contributed by atoms with Gasteiger partial charge in [-0.2, -0.15) is 0 Å². The molecular formula is C20H26Cl2N4O2. The molecule has 0 spiro atoms. The molecule has 1 aromatic heterocycles. The Morgan fingerprint density at radius 3 is 2.50 bits per heavy atom.